The minimum absolute atomic E-state index is 0.269. The van der Waals surface area contributed by atoms with Crippen LogP contribution in [0.2, 0.25) is 0 Å². The molecule has 1 aliphatic heterocycles. The van der Waals surface area contributed by atoms with E-state index in [1.165, 1.54) is 11.8 Å². The molecule has 6 heteroatoms. The van der Waals surface area contributed by atoms with E-state index in [-0.39, 0.29) is 5.16 Å². The molecule has 4 nitrogen and oxygen atoms in total. The van der Waals surface area contributed by atoms with Crippen molar-refractivity contribution >= 4 is 23.4 Å². The zero-order valence-corrected chi connectivity index (χ0v) is 7.48. The second-order valence-electron chi connectivity index (χ2n) is 2.12. The molecule has 1 fully saturated rings. The van der Waals surface area contributed by atoms with E-state index in [1.54, 1.807) is 11.9 Å². The Morgan fingerprint density at radius 2 is 2.55 bits per heavy atom. The summed E-state index contributed by atoms with van der Waals surface area (Å²) in [6.07, 6.45) is 0. The third-order valence-electron chi connectivity index (χ3n) is 1.35. The van der Waals surface area contributed by atoms with Gasteiger partial charge in [0.2, 0.25) is 0 Å². The van der Waals surface area contributed by atoms with E-state index in [4.69, 9.17) is 11.6 Å². The number of hydrogen-bond donors (Lipinski definition) is 0. The van der Waals surface area contributed by atoms with E-state index in [1.807, 2.05) is 0 Å². The van der Waals surface area contributed by atoms with Gasteiger partial charge in [0.1, 0.15) is 0 Å². The van der Waals surface area contributed by atoms with Crippen molar-refractivity contribution in [1.82, 2.24) is 4.90 Å². The lowest BCUT2D eigenvalue weighted by atomic mass is 10.6. The predicted octanol–water partition coefficient (Wildman–Crippen LogP) is 1.31. The van der Waals surface area contributed by atoms with Crippen LogP contribution in [0, 0.1) is 10.1 Å². The highest BCUT2D eigenvalue weighted by molar-refractivity contribution is 8.03. The lowest BCUT2D eigenvalue weighted by molar-refractivity contribution is -0.413. The smallest absolute Gasteiger partial charge is 0.362 e. The second kappa shape index (κ2) is 3.32. The average molecular weight is 195 g/mol. The van der Waals surface area contributed by atoms with Crippen molar-refractivity contribution in [3.05, 3.63) is 20.3 Å². The third-order valence-corrected chi connectivity index (χ3v) is 2.94. The molecular weight excluding hydrogens is 188 g/mol. The van der Waals surface area contributed by atoms with Gasteiger partial charge in [0.05, 0.1) is 4.92 Å². The summed E-state index contributed by atoms with van der Waals surface area (Å²) >= 11 is 6.85. The van der Waals surface area contributed by atoms with Crippen LogP contribution in [-0.4, -0.2) is 29.2 Å². The molecule has 1 heterocycles. The molecule has 0 bridgehead atoms. The summed E-state index contributed by atoms with van der Waals surface area (Å²) < 4.78 is 0. The Bertz CT molecular complexity index is 219. The summed E-state index contributed by atoms with van der Waals surface area (Å²) in [5, 5.41) is 10.5. The molecule has 0 spiro atoms. The Morgan fingerprint density at radius 3 is 2.91 bits per heavy atom. The van der Waals surface area contributed by atoms with Gasteiger partial charge in [0, 0.05) is 19.3 Å². The highest BCUT2D eigenvalue weighted by Crippen LogP contribution is 2.30. The Balaban J connectivity index is 2.85. The van der Waals surface area contributed by atoms with Crippen LogP contribution in [0.3, 0.4) is 0 Å². The van der Waals surface area contributed by atoms with Gasteiger partial charge in [-0.05, 0) is 11.6 Å². The summed E-state index contributed by atoms with van der Waals surface area (Å²) in [7, 11) is 1.79. The van der Waals surface area contributed by atoms with Crippen molar-refractivity contribution in [3.63, 3.8) is 0 Å². The molecule has 0 saturated carbocycles. The quantitative estimate of drug-likeness (QED) is 0.359. The van der Waals surface area contributed by atoms with Gasteiger partial charge in [-0.25, -0.2) is 0 Å². The largest absolute Gasteiger partial charge is 0.367 e. The first-order valence-corrected chi connectivity index (χ1v) is 4.37. The first-order chi connectivity index (χ1) is 5.13. The van der Waals surface area contributed by atoms with Gasteiger partial charge in [-0.15, -0.1) is 0 Å². The molecule has 0 aliphatic carbocycles. The zero-order valence-electron chi connectivity index (χ0n) is 5.91. The number of halogens is 1. The number of nitrogens with zero attached hydrogens (tertiary/aromatic N) is 2. The lowest BCUT2D eigenvalue weighted by Gasteiger charge is -2.08. The van der Waals surface area contributed by atoms with Gasteiger partial charge in [0.25, 0.3) is 0 Å². The van der Waals surface area contributed by atoms with Crippen molar-refractivity contribution in [1.29, 1.82) is 0 Å². The highest BCUT2D eigenvalue weighted by Gasteiger charge is 2.24. The van der Waals surface area contributed by atoms with Crippen LogP contribution in [0.15, 0.2) is 10.2 Å². The van der Waals surface area contributed by atoms with E-state index >= 15 is 0 Å². The molecule has 0 atom stereocenters. The molecule has 0 unspecified atom stereocenters. The van der Waals surface area contributed by atoms with Crippen molar-refractivity contribution in [3.8, 4) is 0 Å². The molecule has 0 aromatic heterocycles. The summed E-state index contributed by atoms with van der Waals surface area (Å²) in [4.78, 5) is 11.4. The Morgan fingerprint density at radius 1 is 1.91 bits per heavy atom. The minimum Gasteiger partial charge on any atom is -0.362 e. The third kappa shape index (κ3) is 1.78. The summed E-state index contributed by atoms with van der Waals surface area (Å²) in [6.45, 7) is 0.823. The monoisotopic (exact) mass is 194 g/mol. The summed E-state index contributed by atoms with van der Waals surface area (Å²) in [5.74, 6) is 0.871. The van der Waals surface area contributed by atoms with Crippen LogP contribution in [0.1, 0.15) is 0 Å². The van der Waals surface area contributed by atoms with Crippen molar-refractivity contribution < 1.29 is 4.92 Å². The molecule has 1 saturated heterocycles. The van der Waals surface area contributed by atoms with Crippen LogP contribution in [0.5, 0.6) is 0 Å². The van der Waals surface area contributed by atoms with Crippen LogP contribution in [-0.2, 0) is 0 Å². The Hall–Kier alpha value is -0.420. The topological polar surface area (TPSA) is 46.4 Å². The van der Waals surface area contributed by atoms with Crippen molar-refractivity contribution in [2.75, 3.05) is 19.3 Å². The van der Waals surface area contributed by atoms with Gasteiger partial charge in [-0.1, -0.05) is 11.8 Å². The van der Waals surface area contributed by atoms with Crippen LogP contribution in [0.4, 0.5) is 0 Å². The van der Waals surface area contributed by atoms with Gasteiger partial charge in [-0.3, -0.25) is 10.1 Å². The first kappa shape index (κ1) is 8.67. The highest BCUT2D eigenvalue weighted by atomic mass is 35.5. The number of thioether (sulfide) groups is 1. The van der Waals surface area contributed by atoms with E-state index in [9.17, 15) is 10.1 Å². The van der Waals surface area contributed by atoms with Crippen LogP contribution < -0.4 is 0 Å². The lowest BCUT2D eigenvalue weighted by Crippen LogP contribution is -2.13. The van der Waals surface area contributed by atoms with Gasteiger partial charge in [-0.2, -0.15) is 0 Å². The molecule has 0 N–H and O–H groups in total. The van der Waals surface area contributed by atoms with Gasteiger partial charge < -0.3 is 4.90 Å². The molecule has 0 aromatic carbocycles. The average Bonchev–Trinajstić information content (AvgIpc) is 2.33. The zero-order chi connectivity index (χ0) is 8.43. The van der Waals surface area contributed by atoms with E-state index < -0.39 is 4.92 Å². The fourth-order valence-corrected chi connectivity index (χ4v) is 2.16. The molecule has 0 aromatic rings. The van der Waals surface area contributed by atoms with Crippen LogP contribution in [0.25, 0.3) is 0 Å². The van der Waals surface area contributed by atoms with Crippen molar-refractivity contribution in [2.45, 2.75) is 0 Å². The molecule has 1 aliphatic rings. The number of nitro groups is 1. The second-order valence-corrected chi connectivity index (χ2v) is 3.56. The van der Waals surface area contributed by atoms with E-state index in [0.717, 1.165) is 12.3 Å². The summed E-state index contributed by atoms with van der Waals surface area (Å²) in [6, 6.07) is 0. The molecule has 0 amide bonds. The van der Waals surface area contributed by atoms with E-state index in [0.29, 0.717) is 5.03 Å². The maximum Gasteiger partial charge on any atom is 0.367 e. The number of rotatable bonds is 1. The molecular formula is C5H7ClN2O2S. The fourth-order valence-electron chi connectivity index (χ4n) is 0.786. The maximum atomic E-state index is 10.2. The number of hydrogen-bond acceptors (Lipinski definition) is 4. The Labute approximate surface area is 73.3 Å². The predicted molar refractivity (Wildman–Crippen MR) is 45.0 cm³/mol. The SMILES string of the molecule is CN1CCSC1=C(Cl)[N+](=O)[O-]. The van der Waals surface area contributed by atoms with Crippen LogP contribution >= 0.6 is 23.4 Å². The fraction of sp³-hybridized carbons (Fsp3) is 0.600. The normalized spacial score (nSPS) is 22.2. The van der Waals surface area contributed by atoms with Gasteiger partial charge in [0.15, 0.2) is 5.03 Å². The standard InChI is InChI=1S/C5H7ClN2O2S/c1-7-2-3-11-5(7)4(6)8(9)10/h2-3H2,1H3. The first-order valence-electron chi connectivity index (χ1n) is 3.01. The molecule has 11 heavy (non-hydrogen) atoms. The van der Waals surface area contributed by atoms with Crippen molar-refractivity contribution in [2.24, 2.45) is 0 Å². The molecule has 62 valence electrons. The summed E-state index contributed by atoms with van der Waals surface area (Å²) in [5.41, 5.74) is 0. The maximum absolute atomic E-state index is 10.2. The van der Waals surface area contributed by atoms with E-state index in [2.05, 4.69) is 0 Å². The minimum atomic E-state index is -0.564. The van der Waals surface area contributed by atoms with Gasteiger partial charge >= 0.3 is 5.16 Å². The Kier molecular flexibility index (Phi) is 2.62. The molecule has 1 rings (SSSR count). The molecule has 0 radical (unpaired) electrons.